The zero-order valence-electron chi connectivity index (χ0n) is 16.5. The van der Waals surface area contributed by atoms with E-state index in [1.807, 2.05) is 6.07 Å². The fraction of sp³-hybridized carbons (Fsp3) is 0.316. The van der Waals surface area contributed by atoms with Crippen LogP contribution in [-0.4, -0.2) is 56.3 Å². The highest BCUT2D eigenvalue weighted by Gasteiger charge is 2.24. The van der Waals surface area contributed by atoms with Gasteiger partial charge in [0.05, 0.1) is 30.3 Å². The maximum Gasteiger partial charge on any atom is 0.286 e. The minimum Gasteiger partial charge on any atom is -0.493 e. The fourth-order valence-electron chi connectivity index (χ4n) is 2.48. The van der Waals surface area contributed by atoms with Gasteiger partial charge < -0.3 is 24.8 Å². The molecule has 1 aromatic carbocycles. The Bertz CT molecular complexity index is 943. The fourth-order valence-corrected chi connectivity index (χ4v) is 2.48. The number of benzene rings is 1. The number of aromatic nitrogens is 1. The maximum absolute atomic E-state index is 12.5. The highest BCUT2D eigenvalue weighted by Crippen LogP contribution is 2.34. The van der Waals surface area contributed by atoms with Gasteiger partial charge in [0.25, 0.3) is 11.6 Å². The third kappa shape index (κ3) is 5.79. The number of carbonyl (C=O) groups is 1. The average molecular weight is 415 g/mol. The van der Waals surface area contributed by atoms with Crippen molar-refractivity contribution in [3.05, 3.63) is 51.7 Å². The molecule has 0 spiro atoms. The lowest BCUT2D eigenvalue weighted by atomic mass is 10.1. The van der Waals surface area contributed by atoms with E-state index in [0.717, 1.165) is 6.07 Å². The van der Waals surface area contributed by atoms with Gasteiger partial charge >= 0.3 is 0 Å². The second-order valence-electron chi connectivity index (χ2n) is 5.81. The molecule has 0 aliphatic rings. The average Bonchev–Trinajstić information content (AvgIpc) is 2.76. The zero-order valence-corrected chi connectivity index (χ0v) is 16.5. The number of hydrogen-bond acceptors (Lipinski definition) is 9. The van der Waals surface area contributed by atoms with Gasteiger partial charge in [-0.1, -0.05) is 0 Å². The molecule has 0 aliphatic heterocycles. The second-order valence-corrected chi connectivity index (χ2v) is 5.81. The van der Waals surface area contributed by atoms with Gasteiger partial charge in [-0.25, -0.2) is 4.98 Å². The van der Waals surface area contributed by atoms with Crippen LogP contribution in [0, 0.1) is 21.4 Å². The first kappa shape index (κ1) is 22.4. The van der Waals surface area contributed by atoms with Crippen molar-refractivity contribution in [1.82, 2.24) is 10.3 Å². The van der Waals surface area contributed by atoms with Crippen molar-refractivity contribution < 1.29 is 23.9 Å². The standard InChI is InChI=1S/C19H21N5O6/c1-28-8-9-30-17-11-15(24(26)27)14(10-16(17)29-2)19(25)23-7-6-22-18-13(12-20)4-3-5-21-18/h3-5,10-11H,6-9H2,1-2H3,(H,21,22)(H,23,25). The predicted octanol–water partition coefficient (Wildman–Crippen LogP) is 1.74. The molecule has 11 heteroatoms. The summed E-state index contributed by atoms with van der Waals surface area (Å²) >= 11 is 0. The molecule has 0 saturated heterocycles. The van der Waals surface area contributed by atoms with Gasteiger partial charge in [0.2, 0.25) is 0 Å². The normalized spacial score (nSPS) is 10.0. The van der Waals surface area contributed by atoms with Crippen molar-refractivity contribution in [2.75, 3.05) is 45.8 Å². The smallest absolute Gasteiger partial charge is 0.286 e. The van der Waals surface area contributed by atoms with Crippen molar-refractivity contribution in [3.8, 4) is 17.6 Å². The van der Waals surface area contributed by atoms with Crippen LogP contribution < -0.4 is 20.1 Å². The van der Waals surface area contributed by atoms with Crippen LogP contribution in [0.4, 0.5) is 11.5 Å². The molecular formula is C19H21N5O6. The number of nitriles is 1. The quantitative estimate of drug-likeness (QED) is 0.318. The van der Waals surface area contributed by atoms with Crippen LogP contribution in [0.15, 0.2) is 30.5 Å². The van der Waals surface area contributed by atoms with E-state index in [4.69, 9.17) is 19.5 Å². The molecule has 2 aromatic rings. The molecule has 30 heavy (non-hydrogen) atoms. The number of rotatable bonds is 11. The molecule has 0 radical (unpaired) electrons. The van der Waals surface area contributed by atoms with Crippen LogP contribution in [0.25, 0.3) is 0 Å². The van der Waals surface area contributed by atoms with E-state index in [1.165, 1.54) is 26.5 Å². The van der Waals surface area contributed by atoms with E-state index in [2.05, 4.69) is 15.6 Å². The van der Waals surface area contributed by atoms with Gasteiger partial charge in [-0.2, -0.15) is 5.26 Å². The lowest BCUT2D eigenvalue weighted by Gasteiger charge is -2.13. The van der Waals surface area contributed by atoms with Crippen LogP contribution in [-0.2, 0) is 4.74 Å². The Morgan fingerprint density at radius 3 is 2.73 bits per heavy atom. The van der Waals surface area contributed by atoms with Crippen LogP contribution in [0.5, 0.6) is 11.5 Å². The van der Waals surface area contributed by atoms with Crippen LogP contribution in [0.3, 0.4) is 0 Å². The molecule has 0 atom stereocenters. The molecule has 0 saturated carbocycles. The summed E-state index contributed by atoms with van der Waals surface area (Å²) in [6.07, 6.45) is 1.54. The van der Waals surface area contributed by atoms with Crippen molar-refractivity contribution >= 4 is 17.4 Å². The number of amides is 1. The Hall–Kier alpha value is -3.91. The predicted molar refractivity (Wildman–Crippen MR) is 107 cm³/mol. The van der Waals surface area contributed by atoms with Gasteiger partial charge in [0, 0.05) is 32.5 Å². The number of carbonyl (C=O) groups excluding carboxylic acids is 1. The number of nitro groups is 1. The van der Waals surface area contributed by atoms with Crippen molar-refractivity contribution in [2.45, 2.75) is 0 Å². The first-order valence-electron chi connectivity index (χ1n) is 8.87. The lowest BCUT2D eigenvalue weighted by Crippen LogP contribution is -2.29. The summed E-state index contributed by atoms with van der Waals surface area (Å²) in [5, 5.41) is 26.0. The maximum atomic E-state index is 12.5. The minimum atomic E-state index is -0.664. The molecule has 158 valence electrons. The Labute approximate surface area is 172 Å². The minimum absolute atomic E-state index is 0.138. The third-order valence-corrected chi connectivity index (χ3v) is 3.90. The molecule has 0 fully saturated rings. The zero-order chi connectivity index (χ0) is 21.9. The SMILES string of the molecule is COCCOc1cc([N+](=O)[O-])c(C(=O)NCCNc2ncccc2C#N)cc1OC. The van der Waals surface area contributed by atoms with Gasteiger partial charge in [0.1, 0.15) is 24.1 Å². The van der Waals surface area contributed by atoms with E-state index in [-0.39, 0.29) is 43.4 Å². The molecule has 0 unspecified atom stereocenters. The van der Waals surface area contributed by atoms with E-state index in [9.17, 15) is 14.9 Å². The molecule has 11 nitrogen and oxygen atoms in total. The van der Waals surface area contributed by atoms with Crippen LogP contribution in [0.2, 0.25) is 0 Å². The molecule has 0 bridgehead atoms. The number of nitro benzene ring substituents is 1. The van der Waals surface area contributed by atoms with Crippen molar-refractivity contribution in [1.29, 1.82) is 5.26 Å². The lowest BCUT2D eigenvalue weighted by molar-refractivity contribution is -0.385. The molecule has 2 rings (SSSR count). The first-order valence-corrected chi connectivity index (χ1v) is 8.87. The van der Waals surface area contributed by atoms with Crippen molar-refractivity contribution in [3.63, 3.8) is 0 Å². The number of methoxy groups -OCH3 is 2. The Morgan fingerprint density at radius 2 is 2.07 bits per heavy atom. The Balaban J connectivity index is 2.08. The van der Waals surface area contributed by atoms with Crippen LogP contribution >= 0.6 is 0 Å². The molecule has 1 amide bonds. The summed E-state index contributed by atoms with van der Waals surface area (Å²) in [5.74, 6) is 0.0667. The molecule has 1 heterocycles. The highest BCUT2D eigenvalue weighted by atomic mass is 16.6. The first-order chi connectivity index (χ1) is 14.5. The number of pyridine rings is 1. The van der Waals surface area contributed by atoms with E-state index < -0.39 is 16.5 Å². The largest absolute Gasteiger partial charge is 0.493 e. The molecule has 1 aromatic heterocycles. The molecule has 2 N–H and O–H groups in total. The van der Waals surface area contributed by atoms with E-state index in [1.54, 1.807) is 12.1 Å². The summed E-state index contributed by atoms with van der Waals surface area (Å²) in [6, 6.07) is 7.66. The topological polar surface area (TPSA) is 149 Å². The summed E-state index contributed by atoms with van der Waals surface area (Å²) in [6.45, 7) is 0.863. The number of nitrogens with zero attached hydrogens (tertiary/aromatic N) is 3. The van der Waals surface area contributed by atoms with Gasteiger partial charge in [-0.3, -0.25) is 14.9 Å². The van der Waals surface area contributed by atoms with Gasteiger partial charge in [-0.15, -0.1) is 0 Å². The summed E-state index contributed by atoms with van der Waals surface area (Å²) < 4.78 is 15.5. The molecular weight excluding hydrogens is 394 g/mol. The van der Waals surface area contributed by atoms with Gasteiger partial charge in [-0.05, 0) is 12.1 Å². The number of hydrogen-bond donors (Lipinski definition) is 2. The molecule has 0 aliphatic carbocycles. The summed E-state index contributed by atoms with van der Waals surface area (Å²) in [7, 11) is 2.87. The summed E-state index contributed by atoms with van der Waals surface area (Å²) in [4.78, 5) is 27.3. The van der Waals surface area contributed by atoms with E-state index in [0.29, 0.717) is 11.4 Å². The number of ether oxygens (including phenoxy) is 3. The Morgan fingerprint density at radius 1 is 1.27 bits per heavy atom. The van der Waals surface area contributed by atoms with Crippen molar-refractivity contribution in [2.24, 2.45) is 0 Å². The third-order valence-electron chi connectivity index (χ3n) is 3.90. The highest BCUT2D eigenvalue weighted by molar-refractivity contribution is 5.99. The number of nitrogens with one attached hydrogen (secondary N) is 2. The second kappa shape index (κ2) is 11.2. The summed E-state index contributed by atoms with van der Waals surface area (Å²) in [5.41, 5.74) is -0.204. The Kier molecular flexibility index (Phi) is 8.34. The van der Waals surface area contributed by atoms with E-state index >= 15 is 0 Å². The number of anilines is 1. The van der Waals surface area contributed by atoms with Crippen LogP contribution in [0.1, 0.15) is 15.9 Å². The van der Waals surface area contributed by atoms with Gasteiger partial charge in [0.15, 0.2) is 11.5 Å². The monoisotopic (exact) mass is 415 g/mol.